The molecule has 0 radical (unpaired) electrons. The van der Waals surface area contributed by atoms with Crippen molar-refractivity contribution in [3.63, 3.8) is 0 Å². The van der Waals surface area contributed by atoms with Crippen LogP contribution in [0, 0.1) is 13.8 Å². The van der Waals surface area contributed by atoms with Crippen LogP contribution in [0.2, 0.25) is 0 Å². The van der Waals surface area contributed by atoms with Gasteiger partial charge in [0, 0.05) is 6.54 Å². The van der Waals surface area contributed by atoms with Gasteiger partial charge in [0.25, 0.3) is 0 Å². The molecule has 0 bridgehead atoms. The van der Waals surface area contributed by atoms with Crippen molar-refractivity contribution in [3.8, 4) is 5.75 Å². The van der Waals surface area contributed by atoms with Crippen LogP contribution in [0.25, 0.3) is 0 Å². The van der Waals surface area contributed by atoms with Gasteiger partial charge in [0.15, 0.2) is 0 Å². The first-order valence-electron chi connectivity index (χ1n) is 6.26. The summed E-state index contributed by atoms with van der Waals surface area (Å²) in [6.07, 6.45) is 0.248. The van der Waals surface area contributed by atoms with Gasteiger partial charge < -0.3 is 15.8 Å². The SMILES string of the molecule is CCNCc1cc(C)c(OCCC(N)=O)c(C)c1. The number of aryl methyl sites for hydroxylation is 2. The molecule has 1 aromatic rings. The molecular formula is C14H22N2O2. The normalized spacial score (nSPS) is 10.4. The van der Waals surface area contributed by atoms with Crippen molar-refractivity contribution in [2.75, 3.05) is 13.2 Å². The van der Waals surface area contributed by atoms with Crippen LogP contribution < -0.4 is 15.8 Å². The molecule has 0 unspecified atom stereocenters. The standard InChI is InChI=1S/C14H22N2O2/c1-4-16-9-12-7-10(2)14(11(3)8-12)18-6-5-13(15)17/h7-8,16H,4-6,9H2,1-3H3,(H2,15,17). The van der Waals surface area contributed by atoms with Crippen molar-refractivity contribution < 1.29 is 9.53 Å². The van der Waals surface area contributed by atoms with Gasteiger partial charge in [-0.2, -0.15) is 0 Å². The van der Waals surface area contributed by atoms with Gasteiger partial charge in [-0.1, -0.05) is 19.1 Å². The van der Waals surface area contributed by atoms with Crippen molar-refractivity contribution in [2.24, 2.45) is 5.73 Å². The van der Waals surface area contributed by atoms with E-state index in [1.165, 1.54) is 5.56 Å². The number of benzene rings is 1. The van der Waals surface area contributed by atoms with E-state index in [1.54, 1.807) is 0 Å². The molecule has 3 N–H and O–H groups in total. The predicted octanol–water partition coefficient (Wildman–Crippen LogP) is 1.67. The first kappa shape index (κ1) is 14.5. The Labute approximate surface area is 109 Å². The number of ether oxygens (including phenoxy) is 1. The molecule has 0 saturated carbocycles. The number of rotatable bonds is 7. The number of carbonyl (C=O) groups excluding carboxylic acids is 1. The van der Waals surface area contributed by atoms with Gasteiger partial charge in [0.2, 0.25) is 5.91 Å². The zero-order chi connectivity index (χ0) is 13.5. The van der Waals surface area contributed by atoms with Crippen LogP contribution in [0.5, 0.6) is 5.75 Å². The third-order valence-electron chi connectivity index (χ3n) is 2.69. The molecule has 1 aromatic carbocycles. The van der Waals surface area contributed by atoms with Crippen molar-refractivity contribution in [2.45, 2.75) is 33.7 Å². The zero-order valence-electron chi connectivity index (χ0n) is 11.4. The summed E-state index contributed by atoms with van der Waals surface area (Å²) in [7, 11) is 0. The third-order valence-corrected chi connectivity index (χ3v) is 2.69. The molecule has 4 heteroatoms. The van der Waals surface area contributed by atoms with Gasteiger partial charge in [-0.05, 0) is 37.1 Å². The van der Waals surface area contributed by atoms with Crippen molar-refractivity contribution in [1.82, 2.24) is 5.32 Å². The highest BCUT2D eigenvalue weighted by atomic mass is 16.5. The van der Waals surface area contributed by atoms with E-state index in [4.69, 9.17) is 10.5 Å². The number of nitrogens with one attached hydrogen (secondary N) is 1. The van der Waals surface area contributed by atoms with Crippen LogP contribution in [0.1, 0.15) is 30.0 Å². The first-order chi connectivity index (χ1) is 8.54. The van der Waals surface area contributed by atoms with Gasteiger partial charge in [0.05, 0.1) is 13.0 Å². The van der Waals surface area contributed by atoms with Gasteiger partial charge in [0.1, 0.15) is 5.75 Å². The molecule has 0 saturated heterocycles. The number of amides is 1. The smallest absolute Gasteiger partial charge is 0.220 e. The lowest BCUT2D eigenvalue weighted by Crippen LogP contribution is -2.15. The summed E-state index contributed by atoms with van der Waals surface area (Å²) in [5, 5.41) is 3.29. The molecule has 0 spiro atoms. The topological polar surface area (TPSA) is 64.3 Å². The lowest BCUT2D eigenvalue weighted by Gasteiger charge is -2.14. The van der Waals surface area contributed by atoms with Crippen LogP contribution in [0.15, 0.2) is 12.1 Å². The second kappa shape index (κ2) is 7.01. The summed E-state index contributed by atoms with van der Waals surface area (Å²) in [5.74, 6) is 0.519. The average Bonchev–Trinajstić information content (AvgIpc) is 2.29. The molecule has 100 valence electrons. The fraction of sp³-hybridized carbons (Fsp3) is 0.500. The predicted molar refractivity (Wildman–Crippen MR) is 72.6 cm³/mol. The monoisotopic (exact) mass is 250 g/mol. The molecule has 4 nitrogen and oxygen atoms in total. The van der Waals surface area contributed by atoms with Gasteiger partial charge in [-0.15, -0.1) is 0 Å². The van der Waals surface area contributed by atoms with Crippen LogP contribution >= 0.6 is 0 Å². The van der Waals surface area contributed by atoms with E-state index in [9.17, 15) is 4.79 Å². The number of hydrogen-bond donors (Lipinski definition) is 2. The van der Waals surface area contributed by atoms with Crippen molar-refractivity contribution in [3.05, 3.63) is 28.8 Å². The van der Waals surface area contributed by atoms with Gasteiger partial charge >= 0.3 is 0 Å². The van der Waals surface area contributed by atoms with Crippen LogP contribution in [-0.2, 0) is 11.3 Å². The Morgan fingerprint density at radius 2 is 1.94 bits per heavy atom. The third kappa shape index (κ3) is 4.37. The molecular weight excluding hydrogens is 228 g/mol. The Morgan fingerprint density at radius 3 is 2.44 bits per heavy atom. The van der Waals surface area contributed by atoms with E-state index in [1.807, 2.05) is 13.8 Å². The van der Waals surface area contributed by atoms with E-state index in [2.05, 4.69) is 24.4 Å². The summed E-state index contributed by atoms with van der Waals surface area (Å²) in [5.41, 5.74) is 8.51. The molecule has 0 aromatic heterocycles. The lowest BCUT2D eigenvalue weighted by molar-refractivity contribution is -0.118. The molecule has 1 rings (SSSR count). The Kier molecular flexibility index (Phi) is 5.65. The highest BCUT2D eigenvalue weighted by Crippen LogP contribution is 2.24. The Bertz CT molecular complexity index is 393. The van der Waals surface area contributed by atoms with E-state index in [-0.39, 0.29) is 12.3 Å². The highest BCUT2D eigenvalue weighted by molar-refractivity contribution is 5.73. The molecule has 1 amide bonds. The van der Waals surface area contributed by atoms with Gasteiger partial charge in [-0.3, -0.25) is 4.79 Å². The summed E-state index contributed by atoms with van der Waals surface area (Å²) >= 11 is 0. The number of nitrogens with two attached hydrogens (primary N) is 1. The van der Waals surface area contributed by atoms with E-state index in [0.29, 0.717) is 6.61 Å². The van der Waals surface area contributed by atoms with Crippen LogP contribution in [0.4, 0.5) is 0 Å². The Balaban J connectivity index is 2.71. The lowest BCUT2D eigenvalue weighted by atomic mass is 10.1. The molecule has 0 heterocycles. The van der Waals surface area contributed by atoms with Crippen LogP contribution in [-0.4, -0.2) is 19.1 Å². The fourth-order valence-corrected chi connectivity index (χ4v) is 1.89. The Hall–Kier alpha value is -1.55. The maximum atomic E-state index is 10.7. The van der Waals surface area contributed by atoms with E-state index < -0.39 is 0 Å². The van der Waals surface area contributed by atoms with Crippen molar-refractivity contribution in [1.29, 1.82) is 0 Å². The highest BCUT2D eigenvalue weighted by Gasteiger charge is 2.07. The Morgan fingerprint density at radius 1 is 1.33 bits per heavy atom. The molecule has 0 fully saturated rings. The minimum absolute atomic E-state index is 0.248. The minimum atomic E-state index is -0.339. The number of primary amides is 1. The molecule has 0 aliphatic rings. The number of hydrogen-bond acceptors (Lipinski definition) is 3. The largest absolute Gasteiger partial charge is 0.493 e. The maximum Gasteiger partial charge on any atom is 0.220 e. The molecule has 0 atom stereocenters. The summed E-state index contributed by atoms with van der Waals surface area (Å²) < 4.78 is 5.62. The second-order valence-corrected chi connectivity index (χ2v) is 4.40. The first-order valence-corrected chi connectivity index (χ1v) is 6.26. The molecule has 0 aliphatic carbocycles. The summed E-state index contributed by atoms with van der Waals surface area (Å²) in [6, 6.07) is 4.21. The molecule has 0 aliphatic heterocycles. The summed E-state index contributed by atoms with van der Waals surface area (Å²) in [4.78, 5) is 10.7. The maximum absolute atomic E-state index is 10.7. The quantitative estimate of drug-likeness (QED) is 0.773. The average molecular weight is 250 g/mol. The van der Waals surface area contributed by atoms with E-state index in [0.717, 1.165) is 30.0 Å². The summed E-state index contributed by atoms with van der Waals surface area (Å²) in [6.45, 7) is 8.27. The van der Waals surface area contributed by atoms with E-state index >= 15 is 0 Å². The number of carbonyl (C=O) groups is 1. The van der Waals surface area contributed by atoms with Crippen LogP contribution in [0.3, 0.4) is 0 Å². The zero-order valence-corrected chi connectivity index (χ0v) is 11.4. The van der Waals surface area contributed by atoms with Crippen molar-refractivity contribution >= 4 is 5.91 Å². The molecule has 18 heavy (non-hydrogen) atoms. The second-order valence-electron chi connectivity index (χ2n) is 4.40. The minimum Gasteiger partial charge on any atom is -0.493 e. The fourth-order valence-electron chi connectivity index (χ4n) is 1.89. The van der Waals surface area contributed by atoms with Gasteiger partial charge in [-0.25, -0.2) is 0 Å².